The number of nitrogens with zero attached hydrogens (tertiary/aromatic N) is 1. The minimum atomic E-state index is -0.846. The molecule has 1 atom stereocenters. The fourth-order valence-corrected chi connectivity index (χ4v) is 2.27. The van der Waals surface area contributed by atoms with E-state index in [9.17, 15) is 9.59 Å². The van der Waals surface area contributed by atoms with E-state index in [-0.39, 0.29) is 18.2 Å². The van der Waals surface area contributed by atoms with Crippen molar-refractivity contribution in [2.45, 2.75) is 39.0 Å². The molecule has 116 valence electrons. The summed E-state index contributed by atoms with van der Waals surface area (Å²) in [6.07, 6.45) is 3.39. The number of unbranched alkanes of at least 4 members (excludes halogenated alkanes) is 1. The molecule has 1 amide bonds. The maximum Gasteiger partial charge on any atom is 0.303 e. The topological polar surface area (TPSA) is 57.6 Å². The molecule has 0 radical (unpaired) electrons. The summed E-state index contributed by atoms with van der Waals surface area (Å²) in [5.74, 6) is -0.925. The first kappa shape index (κ1) is 17.2. The van der Waals surface area contributed by atoms with Crippen LogP contribution in [0.2, 0.25) is 0 Å². The first-order chi connectivity index (χ1) is 9.99. The summed E-state index contributed by atoms with van der Waals surface area (Å²) < 4.78 is 0. The van der Waals surface area contributed by atoms with Crippen molar-refractivity contribution >= 4 is 11.9 Å². The van der Waals surface area contributed by atoms with Crippen molar-refractivity contribution in [3.05, 3.63) is 35.9 Å². The number of amides is 1. The summed E-state index contributed by atoms with van der Waals surface area (Å²) in [5.41, 5.74) is 1.32. The Morgan fingerprint density at radius 3 is 2.43 bits per heavy atom. The van der Waals surface area contributed by atoms with E-state index in [4.69, 9.17) is 5.11 Å². The average molecular weight is 291 g/mol. The Bertz CT molecular complexity index is 445. The third-order valence-electron chi connectivity index (χ3n) is 3.52. The lowest BCUT2D eigenvalue weighted by Gasteiger charge is -2.19. The summed E-state index contributed by atoms with van der Waals surface area (Å²) in [5, 5.41) is 8.69. The van der Waals surface area contributed by atoms with Crippen molar-refractivity contribution in [1.82, 2.24) is 4.90 Å². The van der Waals surface area contributed by atoms with Gasteiger partial charge in [-0.1, -0.05) is 37.3 Å². The zero-order valence-electron chi connectivity index (χ0n) is 12.9. The summed E-state index contributed by atoms with van der Waals surface area (Å²) in [4.78, 5) is 24.2. The lowest BCUT2D eigenvalue weighted by molar-refractivity contribution is -0.138. The van der Waals surface area contributed by atoms with Gasteiger partial charge in [-0.25, -0.2) is 0 Å². The van der Waals surface area contributed by atoms with Crippen LogP contribution in [0.3, 0.4) is 0 Å². The summed E-state index contributed by atoms with van der Waals surface area (Å²) >= 11 is 0. The lowest BCUT2D eigenvalue weighted by atomic mass is 10.0. The number of aryl methyl sites for hydroxylation is 1. The van der Waals surface area contributed by atoms with Crippen LogP contribution >= 0.6 is 0 Å². The molecule has 0 fully saturated rings. The van der Waals surface area contributed by atoms with Gasteiger partial charge < -0.3 is 10.0 Å². The Hall–Kier alpha value is -1.84. The average Bonchev–Trinajstić information content (AvgIpc) is 2.43. The van der Waals surface area contributed by atoms with Gasteiger partial charge in [0.25, 0.3) is 0 Å². The van der Waals surface area contributed by atoms with Crippen molar-refractivity contribution < 1.29 is 14.7 Å². The summed E-state index contributed by atoms with van der Waals surface area (Å²) in [7, 11) is 1.79. The SMILES string of the molecule is CC(CC(=O)O)CC(=O)N(C)CCCCc1ccccc1. The van der Waals surface area contributed by atoms with Gasteiger partial charge >= 0.3 is 5.97 Å². The molecule has 4 heteroatoms. The van der Waals surface area contributed by atoms with E-state index in [1.807, 2.05) is 18.2 Å². The predicted octanol–water partition coefficient (Wildman–Crippen LogP) is 2.97. The first-order valence-electron chi connectivity index (χ1n) is 7.48. The van der Waals surface area contributed by atoms with Crippen LogP contribution in [0.25, 0.3) is 0 Å². The van der Waals surface area contributed by atoms with E-state index in [0.717, 1.165) is 25.8 Å². The molecule has 0 bridgehead atoms. The third kappa shape index (κ3) is 7.49. The Morgan fingerprint density at radius 2 is 1.81 bits per heavy atom. The van der Waals surface area contributed by atoms with Crippen molar-refractivity contribution in [1.29, 1.82) is 0 Å². The highest BCUT2D eigenvalue weighted by molar-refractivity contribution is 5.77. The molecule has 1 aromatic rings. The second-order valence-electron chi connectivity index (χ2n) is 5.67. The van der Waals surface area contributed by atoms with E-state index >= 15 is 0 Å². The number of carboxylic acid groups (broad SMARTS) is 1. The molecule has 0 aliphatic rings. The first-order valence-corrected chi connectivity index (χ1v) is 7.48. The second kappa shape index (κ2) is 9.16. The largest absolute Gasteiger partial charge is 0.481 e. The van der Waals surface area contributed by atoms with Crippen LogP contribution in [0.5, 0.6) is 0 Å². The fourth-order valence-electron chi connectivity index (χ4n) is 2.27. The molecule has 0 aliphatic carbocycles. The van der Waals surface area contributed by atoms with Crippen LogP contribution in [0.15, 0.2) is 30.3 Å². The Morgan fingerprint density at radius 1 is 1.14 bits per heavy atom. The molecule has 21 heavy (non-hydrogen) atoms. The minimum Gasteiger partial charge on any atom is -0.481 e. The minimum absolute atomic E-state index is 0.0310. The van der Waals surface area contributed by atoms with Crippen molar-refractivity contribution in [2.75, 3.05) is 13.6 Å². The highest BCUT2D eigenvalue weighted by atomic mass is 16.4. The summed E-state index contributed by atoms with van der Waals surface area (Å²) in [6, 6.07) is 10.3. The van der Waals surface area contributed by atoms with Gasteiger partial charge in [0.05, 0.1) is 0 Å². The van der Waals surface area contributed by atoms with E-state index < -0.39 is 5.97 Å². The second-order valence-corrected chi connectivity index (χ2v) is 5.67. The standard InChI is InChI=1S/C17H25NO3/c1-14(13-17(20)21)12-16(19)18(2)11-7-6-10-15-8-4-3-5-9-15/h3-5,8-9,14H,6-7,10-13H2,1-2H3,(H,20,21). The maximum absolute atomic E-state index is 11.9. The van der Waals surface area contributed by atoms with E-state index in [1.54, 1.807) is 18.9 Å². The number of rotatable bonds is 9. The van der Waals surface area contributed by atoms with Crippen LogP contribution < -0.4 is 0 Å². The molecule has 1 N–H and O–H groups in total. The molecule has 1 aromatic carbocycles. The molecule has 0 saturated carbocycles. The number of carbonyl (C=O) groups is 2. The van der Waals surface area contributed by atoms with E-state index in [1.165, 1.54) is 5.56 Å². The van der Waals surface area contributed by atoms with E-state index in [0.29, 0.717) is 6.42 Å². The van der Waals surface area contributed by atoms with Gasteiger partial charge in [0.2, 0.25) is 5.91 Å². The molecule has 0 spiro atoms. The zero-order valence-corrected chi connectivity index (χ0v) is 12.9. The smallest absolute Gasteiger partial charge is 0.303 e. The summed E-state index contributed by atoms with van der Waals surface area (Å²) in [6.45, 7) is 2.53. The van der Waals surface area contributed by atoms with E-state index in [2.05, 4.69) is 12.1 Å². The highest BCUT2D eigenvalue weighted by Crippen LogP contribution is 2.10. The van der Waals surface area contributed by atoms with Crippen molar-refractivity contribution in [3.63, 3.8) is 0 Å². The molecular formula is C17H25NO3. The Balaban J connectivity index is 2.19. The Labute approximate surface area is 126 Å². The fraction of sp³-hybridized carbons (Fsp3) is 0.529. The predicted molar refractivity (Wildman–Crippen MR) is 83.1 cm³/mol. The molecule has 0 heterocycles. The molecule has 1 unspecified atom stereocenters. The van der Waals surface area contributed by atoms with Crippen LogP contribution in [0.1, 0.15) is 38.2 Å². The maximum atomic E-state index is 11.9. The number of hydrogen-bond acceptors (Lipinski definition) is 2. The number of carbonyl (C=O) groups excluding carboxylic acids is 1. The van der Waals surface area contributed by atoms with Gasteiger partial charge in [-0.05, 0) is 30.7 Å². The van der Waals surface area contributed by atoms with Gasteiger partial charge in [-0.2, -0.15) is 0 Å². The quantitative estimate of drug-likeness (QED) is 0.712. The molecule has 0 saturated heterocycles. The molecule has 1 rings (SSSR count). The van der Waals surface area contributed by atoms with Crippen molar-refractivity contribution in [2.24, 2.45) is 5.92 Å². The van der Waals surface area contributed by atoms with Crippen LogP contribution in [0.4, 0.5) is 0 Å². The number of carboxylic acids is 1. The normalized spacial score (nSPS) is 11.9. The van der Waals surface area contributed by atoms with Gasteiger partial charge in [-0.15, -0.1) is 0 Å². The van der Waals surface area contributed by atoms with Gasteiger partial charge in [0.1, 0.15) is 0 Å². The molecule has 0 aliphatic heterocycles. The van der Waals surface area contributed by atoms with Crippen LogP contribution in [0, 0.1) is 5.92 Å². The number of aliphatic carboxylic acids is 1. The highest BCUT2D eigenvalue weighted by Gasteiger charge is 2.15. The molecule has 4 nitrogen and oxygen atoms in total. The van der Waals surface area contributed by atoms with Crippen LogP contribution in [-0.2, 0) is 16.0 Å². The Kier molecular flexibility index (Phi) is 7.51. The van der Waals surface area contributed by atoms with Gasteiger partial charge in [0.15, 0.2) is 0 Å². The monoisotopic (exact) mass is 291 g/mol. The lowest BCUT2D eigenvalue weighted by Crippen LogP contribution is -2.29. The molecular weight excluding hydrogens is 266 g/mol. The number of benzene rings is 1. The third-order valence-corrected chi connectivity index (χ3v) is 3.52. The van der Waals surface area contributed by atoms with Crippen LogP contribution in [-0.4, -0.2) is 35.5 Å². The van der Waals surface area contributed by atoms with Gasteiger partial charge in [0, 0.05) is 26.4 Å². The number of hydrogen-bond donors (Lipinski definition) is 1. The van der Waals surface area contributed by atoms with Crippen molar-refractivity contribution in [3.8, 4) is 0 Å². The molecule has 0 aromatic heterocycles. The zero-order chi connectivity index (χ0) is 15.7. The van der Waals surface area contributed by atoms with Gasteiger partial charge in [-0.3, -0.25) is 9.59 Å².